The third kappa shape index (κ3) is 3.13. The highest BCUT2D eigenvalue weighted by molar-refractivity contribution is 5.98. The van der Waals surface area contributed by atoms with Crippen LogP contribution in [0.3, 0.4) is 0 Å². The maximum atomic E-state index is 12.3. The maximum absolute atomic E-state index is 12.3. The van der Waals surface area contributed by atoms with Gasteiger partial charge in [-0.25, -0.2) is 10.1 Å². The van der Waals surface area contributed by atoms with Crippen LogP contribution in [0.4, 0.5) is 11.5 Å². The van der Waals surface area contributed by atoms with Gasteiger partial charge in [0.15, 0.2) is 0 Å². The number of nitrogens with zero attached hydrogens (tertiary/aromatic N) is 7. The van der Waals surface area contributed by atoms with E-state index < -0.39 is 0 Å². The minimum Gasteiger partial charge on any atom is -0.378 e. The van der Waals surface area contributed by atoms with Gasteiger partial charge in [0.2, 0.25) is 17.5 Å². The number of hydrogen-bond acceptors (Lipinski definition) is 9. The van der Waals surface area contributed by atoms with E-state index in [4.69, 9.17) is 5.73 Å². The summed E-state index contributed by atoms with van der Waals surface area (Å²) in [5.74, 6) is 0.0627. The van der Waals surface area contributed by atoms with Crippen molar-refractivity contribution in [3.63, 3.8) is 0 Å². The SMILES string of the molecule is C/C(=N\NC(=O)CC1C=Nc2ccccc21)c1nnn(-c2nonc2N)c1C. The lowest BCUT2D eigenvalue weighted by molar-refractivity contribution is -0.121. The molecule has 1 amide bonds. The molecule has 28 heavy (non-hydrogen) atoms. The summed E-state index contributed by atoms with van der Waals surface area (Å²) in [7, 11) is 0. The Labute approximate surface area is 159 Å². The number of fused-ring (bicyclic) bond motifs is 1. The monoisotopic (exact) mass is 379 g/mol. The van der Waals surface area contributed by atoms with Crippen molar-refractivity contribution in [1.82, 2.24) is 30.7 Å². The minimum atomic E-state index is -0.220. The average molecular weight is 379 g/mol. The number of nitrogen functional groups attached to an aromatic ring is 1. The summed E-state index contributed by atoms with van der Waals surface area (Å²) >= 11 is 0. The van der Waals surface area contributed by atoms with Gasteiger partial charge < -0.3 is 5.73 Å². The molecule has 0 spiro atoms. The maximum Gasteiger partial charge on any atom is 0.243 e. The summed E-state index contributed by atoms with van der Waals surface area (Å²) in [6.07, 6.45) is 2.04. The molecule has 4 rings (SSSR count). The number of benzene rings is 1. The Kier molecular flexibility index (Phi) is 4.39. The predicted octanol–water partition coefficient (Wildman–Crippen LogP) is 1.27. The van der Waals surface area contributed by atoms with Crippen molar-refractivity contribution in [1.29, 1.82) is 0 Å². The number of hydrazone groups is 1. The highest BCUT2D eigenvalue weighted by Gasteiger charge is 2.21. The summed E-state index contributed by atoms with van der Waals surface area (Å²) < 4.78 is 5.98. The normalized spacial score (nSPS) is 15.6. The first-order valence-corrected chi connectivity index (χ1v) is 8.52. The van der Waals surface area contributed by atoms with Crippen molar-refractivity contribution in [2.75, 3.05) is 5.73 Å². The van der Waals surface area contributed by atoms with Gasteiger partial charge in [0.05, 0.1) is 17.1 Å². The fourth-order valence-corrected chi connectivity index (χ4v) is 2.98. The first-order valence-electron chi connectivity index (χ1n) is 8.52. The molecule has 0 bridgehead atoms. The first-order chi connectivity index (χ1) is 13.5. The molecule has 142 valence electrons. The van der Waals surface area contributed by atoms with Gasteiger partial charge in [-0.05, 0) is 35.8 Å². The highest BCUT2D eigenvalue weighted by Crippen LogP contribution is 2.33. The van der Waals surface area contributed by atoms with E-state index in [9.17, 15) is 4.79 Å². The van der Waals surface area contributed by atoms with Gasteiger partial charge in [-0.15, -0.1) is 5.10 Å². The molecule has 11 heteroatoms. The van der Waals surface area contributed by atoms with Crippen LogP contribution in [-0.4, -0.2) is 43.1 Å². The number of anilines is 1. The third-order valence-electron chi connectivity index (χ3n) is 4.42. The second kappa shape index (κ2) is 7.02. The van der Waals surface area contributed by atoms with Gasteiger partial charge in [0, 0.05) is 18.6 Å². The number of nitrogens with one attached hydrogen (secondary N) is 1. The molecule has 0 saturated heterocycles. The van der Waals surface area contributed by atoms with Gasteiger partial charge in [0.25, 0.3) is 0 Å². The lowest BCUT2D eigenvalue weighted by atomic mass is 9.98. The lowest BCUT2D eigenvalue weighted by Gasteiger charge is -2.08. The van der Waals surface area contributed by atoms with Crippen LogP contribution in [0.25, 0.3) is 5.82 Å². The van der Waals surface area contributed by atoms with Crippen LogP contribution in [0.2, 0.25) is 0 Å². The van der Waals surface area contributed by atoms with E-state index in [-0.39, 0.29) is 29.9 Å². The second-order valence-corrected chi connectivity index (χ2v) is 6.29. The minimum absolute atomic E-state index is 0.0584. The Balaban J connectivity index is 1.44. The molecule has 3 aromatic rings. The number of amides is 1. The molecule has 0 aliphatic carbocycles. The number of rotatable bonds is 5. The molecule has 1 aliphatic rings. The number of aromatic nitrogens is 5. The van der Waals surface area contributed by atoms with Crippen LogP contribution in [0.1, 0.15) is 36.2 Å². The lowest BCUT2D eigenvalue weighted by Crippen LogP contribution is -2.21. The van der Waals surface area contributed by atoms with Crippen molar-refractivity contribution in [3.05, 3.63) is 41.2 Å². The Morgan fingerprint density at radius 3 is 2.96 bits per heavy atom. The van der Waals surface area contributed by atoms with Crippen LogP contribution in [-0.2, 0) is 4.79 Å². The summed E-state index contributed by atoms with van der Waals surface area (Å²) in [5, 5.41) is 19.4. The summed E-state index contributed by atoms with van der Waals surface area (Å²) in [5.41, 5.74) is 11.8. The van der Waals surface area contributed by atoms with E-state index in [2.05, 4.69) is 40.8 Å². The summed E-state index contributed by atoms with van der Waals surface area (Å²) in [6.45, 7) is 3.49. The zero-order chi connectivity index (χ0) is 19.7. The quantitative estimate of drug-likeness (QED) is 0.500. The molecular formula is C17H17N9O2. The molecular weight excluding hydrogens is 362 g/mol. The third-order valence-corrected chi connectivity index (χ3v) is 4.42. The first kappa shape index (κ1) is 17.5. The van der Waals surface area contributed by atoms with Crippen LogP contribution >= 0.6 is 0 Å². The summed E-state index contributed by atoms with van der Waals surface area (Å²) in [6, 6.07) is 7.75. The van der Waals surface area contributed by atoms with E-state index >= 15 is 0 Å². The van der Waals surface area contributed by atoms with Crippen molar-refractivity contribution in [2.24, 2.45) is 10.1 Å². The molecule has 0 saturated carbocycles. The predicted molar refractivity (Wildman–Crippen MR) is 101 cm³/mol. The van der Waals surface area contributed by atoms with Crippen LogP contribution < -0.4 is 11.2 Å². The molecule has 1 atom stereocenters. The molecule has 1 aliphatic heterocycles. The molecule has 2 aromatic heterocycles. The number of aliphatic imine (C=N–C) groups is 1. The topological polar surface area (TPSA) is 149 Å². The Bertz CT molecular complexity index is 1100. The number of hydrogen-bond donors (Lipinski definition) is 2. The smallest absolute Gasteiger partial charge is 0.243 e. The summed E-state index contributed by atoms with van der Waals surface area (Å²) in [4.78, 5) is 16.6. The Morgan fingerprint density at radius 1 is 1.36 bits per heavy atom. The van der Waals surface area contributed by atoms with E-state index in [0.29, 0.717) is 17.1 Å². The van der Waals surface area contributed by atoms with Gasteiger partial charge in [-0.3, -0.25) is 9.79 Å². The number of carbonyl (C=O) groups is 1. The van der Waals surface area contributed by atoms with Crippen LogP contribution in [0.15, 0.2) is 39.0 Å². The van der Waals surface area contributed by atoms with Gasteiger partial charge in [-0.2, -0.15) is 9.78 Å². The Morgan fingerprint density at radius 2 is 2.18 bits per heavy atom. The molecule has 1 unspecified atom stereocenters. The molecule has 0 fully saturated rings. The molecule has 11 nitrogen and oxygen atoms in total. The van der Waals surface area contributed by atoms with E-state index in [0.717, 1.165) is 11.3 Å². The zero-order valence-corrected chi connectivity index (χ0v) is 15.2. The van der Waals surface area contributed by atoms with Gasteiger partial charge in [-0.1, -0.05) is 23.4 Å². The average Bonchev–Trinajstić information content (AvgIpc) is 3.39. The van der Waals surface area contributed by atoms with Crippen molar-refractivity contribution in [3.8, 4) is 5.82 Å². The second-order valence-electron chi connectivity index (χ2n) is 6.29. The molecule has 3 N–H and O–H groups in total. The van der Waals surface area contributed by atoms with E-state index in [1.54, 1.807) is 20.1 Å². The van der Waals surface area contributed by atoms with Crippen molar-refractivity contribution < 1.29 is 9.42 Å². The molecule has 1 aromatic carbocycles. The van der Waals surface area contributed by atoms with Gasteiger partial charge >= 0.3 is 0 Å². The molecule has 0 radical (unpaired) electrons. The number of nitrogens with two attached hydrogens (primary N) is 1. The largest absolute Gasteiger partial charge is 0.378 e. The number of carbonyl (C=O) groups excluding carboxylic acids is 1. The van der Waals surface area contributed by atoms with E-state index in [1.165, 1.54) is 4.68 Å². The molecule has 3 heterocycles. The Hall–Kier alpha value is -3.89. The fraction of sp³-hybridized carbons (Fsp3) is 0.235. The van der Waals surface area contributed by atoms with Crippen molar-refractivity contribution in [2.45, 2.75) is 26.2 Å². The fourth-order valence-electron chi connectivity index (χ4n) is 2.98. The number of para-hydroxylation sites is 1. The zero-order valence-electron chi connectivity index (χ0n) is 15.2. The highest BCUT2D eigenvalue weighted by atomic mass is 16.6. The van der Waals surface area contributed by atoms with Gasteiger partial charge in [0.1, 0.15) is 5.69 Å². The van der Waals surface area contributed by atoms with Crippen LogP contribution in [0.5, 0.6) is 0 Å². The van der Waals surface area contributed by atoms with Crippen LogP contribution in [0, 0.1) is 6.92 Å². The van der Waals surface area contributed by atoms with Crippen molar-refractivity contribution >= 4 is 29.3 Å². The standard InChI is InChI=1S/C17H17N9O2/c1-9(15-10(2)26(25-22-15)17-16(18)23-28-24-17)20-21-14(27)7-11-8-19-13-6-4-3-5-12(11)13/h3-6,8,11H,7H2,1-2H3,(H2,18,23)(H,21,27)/b20-9+. The van der Waals surface area contributed by atoms with E-state index in [1.807, 2.05) is 24.3 Å².